The predicted molar refractivity (Wildman–Crippen MR) is 128 cm³/mol. The highest BCUT2D eigenvalue weighted by molar-refractivity contribution is 7.89. The minimum Gasteiger partial charge on any atom is -0.497 e. The maximum Gasteiger partial charge on any atom is 0.292 e. The van der Waals surface area contributed by atoms with Crippen LogP contribution in [0.4, 0.5) is 11.4 Å². The molecule has 0 fully saturated rings. The number of nitro groups is 1. The molecular weight excluding hydrogens is 474 g/mol. The molecule has 0 unspecified atom stereocenters. The summed E-state index contributed by atoms with van der Waals surface area (Å²) < 4.78 is 33.9. The van der Waals surface area contributed by atoms with Crippen molar-refractivity contribution >= 4 is 33.1 Å². The van der Waals surface area contributed by atoms with Crippen molar-refractivity contribution in [2.45, 2.75) is 17.9 Å². The Morgan fingerprint density at radius 3 is 2.14 bits per heavy atom. The molecule has 2 N–H and O–H groups in total. The van der Waals surface area contributed by atoms with Crippen LogP contribution in [-0.2, 0) is 19.6 Å². The van der Waals surface area contributed by atoms with Gasteiger partial charge in [-0.15, -0.1) is 0 Å². The van der Waals surface area contributed by atoms with Gasteiger partial charge in [0, 0.05) is 17.7 Å². The Morgan fingerprint density at radius 2 is 1.54 bits per heavy atom. The van der Waals surface area contributed by atoms with Crippen molar-refractivity contribution in [1.82, 2.24) is 4.72 Å². The topological polar surface area (TPSA) is 145 Å². The number of benzene rings is 3. The van der Waals surface area contributed by atoms with E-state index in [1.54, 1.807) is 54.6 Å². The summed E-state index contributed by atoms with van der Waals surface area (Å²) in [4.78, 5) is 35.7. The SMILES string of the molecule is COc1ccc([C@H](NS(=O)(=O)c2ccccc2[N+](=O)[O-])[C@H](C)C(=O)C(=O)Nc2ccccc2)cc1. The summed E-state index contributed by atoms with van der Waals surface area (Å²) >= 11 is 0. The van der Waals surface area contributed by atoms with Gasteiger partial charge in [-0.25, -0.2) is 13.1 Å². The molecule has 0 aliphatic heterocycles. The molecule has 0 bridgehead atoms. The molecule has 0 spiro atoms. The highest BCUT2D eigenvalue weighted by Gasteiger charge is 2.35. The number of para-hydroxylation sites is 2. The summed E-state index contributed by atoms with van der Waals surface area (Å²) in [6.07, 6.45) is 0. The average molecular weight is 498 g/mol. The second kappa shape index (κ2) is 10.9. The molecular formula is C24H23N3O7S. The molecule has 11 heteroatoms. The predicted octanol–water partition coefficient (Wildman–Crippen LogP) is 3.47. The van der Waals surface area contributed by atoms with Crippen LogP contribution in [0.15, 0.2) is 83.8 Å². The Hall–Kier alpha value is -4.09. The summed E-state index contributed by atoms with van der Waals surface area (Å²) in [6, 6.07) is 18.2. The van der Waals surface area contributed by atoms with Crippen LogP contribution >= 0.6 is 0 Å². The summed E-state index contributed by atoms with van der Waals surface area (Å²) in [5.74, 6) is -2.47. The van der Waals surface area contributed by atoms with Crippen molar-refractivity contribution < 1.29 is 27.7 Å². The van der Waals surface area contributed by atoms with Gasteiger partial charge < -0.3 is 10.1 Å². The van der Waals surface area contributed by atoms with Crippen LogP contribution in [-0.4, -0.2) is 32.1 Å². The number of carbonyl (C=O) groups is 2. The number of hydrogen-bond donors (Lipinski definition) is 2. The number of nitro benzene ring substituents is 1. The maximum atomic E-state index is 13.2. The van der Waals surface area contributed by atoms with Crippen LogP contribution in [0.3, 0.4) is 0 Å². The minimum absolute atomic E-state index is 0.362. The van der Waals surface area contributed by atoms with E-state index >= 15 is 0 Å². The Labute approximate surface area is 202 Å². The normalized spacial score (nSPS) is 12.9. The molecule has 35 heavy (non-hydrogen) atoms. The monoisotopic (exact) mass is 497 g/mol. The molecule has 2 atom stereocenters. The zero-order valence-corrected chi connectivity index (χ0v) is 19.7. The fourth-order valence-electron chi connectivity index (χ4n) is 3.41. The molecule has 0 aliphatic carbocycles. The Kier molecular flexibility index (Phi) is 7.94. The van der Waals surface area contributed by atoms with Gasteiger partial charge >= 0.3 is 0 Å². The number of sulfonamides is 1. The largest absolute Gasteiger partial charge is 0.497 e. The van der Waals surface area contributed by atoms with Crippen molar-refractivity contribution in [3.63, 3.8) is 0 Å². The highest BCUT2D eigenvalue weighted by Crippen LogP contribution is 2.30. The lowest BCUT2D eigenvalue weighted by molar-refractivity contribution is -0.387. The summed E-state index contributed by atoms with van der Waals surface area (Å²) in [6.45, 7) is 1.41. The first-order valence-electron chi connectivity index (χ1n) is 10.4. The first-order valence-corrected chi connectivity index (χ1v) is 11.9. The van der Waals surface area contributed by atoms with Crippen molar-refractivity contribution in [2.75, 3.05) is 12.4 Å². The Balaban J connectivity index is 1.97. The van der Waals surface area contributed by atoms with E-state index in [-0.39, 0.29) is 0 Å². The van der Waals surface area contributed by atoms with E-state index in [0.29, 0.717) is 17.0 Å². The average Bonchev–Trinajstić information content (AvgIpc) is 2.87. The fraction of sp³-hybridized carbons (Fsp3) is 0.167. The molecule has 1 amide bonds. The summed E-state index contributed by atoms with van der Waals surface area (Å²) in [5, 5.41) is 13.9. The summed E-state index contributed by atoms with van der Waals surface area (Å²) in [7, 11) is -3.01. The third-order valence-electron chi connectivity index (χ3n) is 5.28. The Bertz CT molecular complexity index is 1330. The first-order chi connectivity index (χ1) is 16.6. The van der Waals surface area contributed by atoms with Gasteiger partial charge in [0.1, 0.15) is 5.75 Å². The molecule has 0 saturated carbocycles. The van der Waals surface area contributed by atoms with Gasteiger partial charge in [-0.3, -0.25) is 19.7 Å². The molecule has 0 aromatic heterocycles. The van der Waals surface area contributed by atoms with Gasteiger partial charge in [-0.2, -0.15) is 0 Å². The number of nitrogens with zero attached hydrogens (tertiary/aromatic N) is 1. The van der Waals surface area contributed by atoms with E-state index in [1.165, 1.54) is 26.2 Å². The van der Waals surface area contributed by atoms with Crippen molar-refractivity contribution in [3.8, 4) is 5.75 Å². The van der Waals surface area contributed by atoms with Gasteiger partial charge in [-0.05, 0) is 35.9 Å². The molecule has 3 aromatic carbocycles. The Morgan fingerprint density at radius 1 is 0.943 bits per heavy atom. The van der Waals surface area contributed by atoms with Crippen LogP contribution < -0.4 is 14.8 Å². The van der Waals surface area contributed by atoms with Crippen molar-refractivity contribution in [1.29, 1.82) is 0 Å². The molecule has 10 nitrogen and oxygen atoms in total. The van der Waals surface area contributed by atoms with E-state index in [4.69, 9.17) is 4.74 Å². The third kappa shape index (κ3) is 6.08. The number of nitrogens with one attached hydrogen (secondary N) is 2. The second-order valence-electron chi connectivity index (χ2n) is 7.57. The van der Waals surface area contributed by atoms with E-state index in [2.05, 4.69) is 10.0 Å². The number of anilines is 1. The van der Waals surface area contributed by atoms with Crippen LogP contribution in [0.2, 0.25) is 0 Å². The smallest absolute Gasteiger partial charge is 0.292 e. The maximum absolute atomic E-state index is 13.2. The van der Waals surface area contributed by atoms with Crippen LogP contribution in [0.5, 0.6) is 5.75 Å². The van der Waals surface area contributed by atoms with Crippen LogP contribution in [0.25, 0.3) is 0 Å². The van der Waals surface area contributed by atoms with Gasteiger partial charge in [0.05, 0.1) is 18.1 Å². The van der Waals surface area contributed by atoms with Crippen LogP contribution in [0.1, 0.15) is 18.5 Å². The number of ketones is 1. The van der Waals surface area contributed by atoms with Gasteiger partial charge in [0.25, 0.3) is 11.6 Å². The lowest BCUT2D eigenvalue weighted by Gasteiger charge is -2.24. The standard InChI is InChI=1S/C24H23N3O7S/c1-16(23(28)24(29)25-18-8-4-3-5-9-18)22(17-12-14-19(34-2)15-13-17)26-35(32,33)21-11-7-6-10-20(21)27(30)31/h3-16,22,26H,1-2H3,(H,25,29)/t16-,22+/m0/s1. The highest BCUT2D eigenvalue weighted by atomic mass is 32.2. The minimum atomic E-state index is -4.47. The molecule has 0 saturated heterocycles. The number of Topliss-reactive ketones (excluding diaryl/α,β-unsaturated/α-hetero) is 1. The van der Waals surface area contributed by atoms with Crippen molar-refractivity contribution in [3.05, 3.63) is 94.5 Å². The lowest BCUT2D eigenvalue weighted by Crippen LogP contribution is -2.39. The number of methoxy groups -OCH3 is 1. The second-order valence-corrected chi connectivity index (χ2v) is 9.25. The van der Waals surface area contributed by atoms with E-state index in [9.17, 15) is 28.1 Å². The number of amides is 1. The zero-order chi connectivity index (χ0) is 25.6. The van der Waals surface area contributed by atoms with Gasteiger partial charge in [-0.1, -0.05) is 49.4 Å². The molecule has 0 aliphatic rings. The number of rotatable bonds is 10. The zero-order valence-electron chi connectivity index (χ0n) is 18.9. The van der Waals surface area contributed by atoms with Crippen LogP contribution in [0, 0.1) is 16.0 Å². The van der Waals surface area contributed by atoms with Gasteiger partial charge in [0.2, 0.25) is 15.8 Å². The van der Waals surface area contributed by atoms with E-state index < -0.39 is 49.2 Å². The number of ether oxygens (including phenoxy) is 1. The number of carbonyl (C=O) groups excluding carboxylic acids is 2. The molecule has 0 radical (unpaired) electrons. The van der Waals surface area contributed by atoms with Crippen molar-refractivity contribution in [2.24, 2.45) is 5.92 Å². The first kappa shape index (κ1) is 25.5. The number of hydrogen-bond acceptors (Lipinski definition) is 7. The summed E-state index contributed by atoms with van der Waals surface area (Å²) in [5.41, 5.74) is 0.148. The molecule has 3 rings (SSSR count). The molecule has 0 heterocycles. The quantitative estimate of drug-likeness (QED) is 0.248. The molecule has 3 aromatic rings. The van der Waals surface area contributed by atoms with Gasteiger partial charge in [0.15, 0.2) is 4.90 Å². The van der Waals surface area contributed by atoms with E-state index in [1.807, 2.05) is 0 Å². The lowest BCUT2D eigenvalue weighted by atomic mass is 9.91. The molecule has 182 valence electrons. The fourth-order valence-corrected chi connectivity index (χ4v) is 4.89. The van der Waals surface area contributed by atoms with E-state index in [0.717, 1.165) is 12.1 Å². The third-order valence-corrected chi connectivity index (χ3v) is 6.77.